The molecule has 5 nitrogen and oxygen atoms in total. The lowest BCUT2D eigenvalue weighted by Gasteiger charge is -2.17. The highest BCUT2D eigenvalue weighted by Gasteiger charge is 2.22. The van der Waals surface area contributed by atoms with Gasteiger partial charge in [-0.2, -0.15) is 0 Å². The molecule has 1 atom stereocenters. The molecule has 1 saturated heterocycles. The van der Waals surface area contributed by atoms with Gasteiger partial charge in [-0.3, -0.25) is 9.59 Å². The number of anilines is 2. The van der Waals surface area contributed by atoms with E-state index in [1.807, 2.05) is 48.5 Å². The molecule has 0 spiro atoms. The molecule has 0 radical (unpaired) electrons. The maximum atomic E-state index is 12.3. The summed E-state index contributed by atoms with van der Waals surface area (Å²) >= 11 is 0. The maximum absolute atomic E-state index is 12.3. The van der Waals surface area contributed by atoms with Crippen LogP contribution in [0.3, 0.4) is 0 Å². The highest BCUT2D eigenvalue weighted by molar-refractivity contribution is 5.98. The zero-order chi connectivity index (χ0) is 16.9. The molecule has 2 aromatic rings. The first-order valence-corrected chi connectivity index (χ1v) is 8.14. The molecule has 132 valence electrons. The van der Waals surface area contributed by atoms with E-state index in [0.717, 1.165) is 24.2 Å². The van der Waals surface area contributed by atoms with Crippen molar-refractivity contribution in [2.75, 3.05) is 16.8 Å². The molecular weight excluding hydrogens is 338 g/mol. The SMILES string of the molecule is Cl.N[C@@H](Cc1ccccc1)C(=O)Nc1cccc(N2CCCC2=O)c1. The van der Waals surface area contributed by atoms with Gasteiger partial charge in [0.1, 0.15) is 0 Å². The summed E-state index contributed by atoms with van der Waals surface area (Å²) in [6.45, 7) is 0.726. The molecule has 0 aliphatic carbocycles. The van der Waals surface area contributed by atoms with Gasteiger partial charge in [0, 0.05) is 24.3 Å². The molecule has 1 fully saturated rings. The quantitative estimate of drug-likeness (QED) is 0.861. The minimum Gasteiger partial charge on any atom is -0.325 e. The normalized spacial score (nSPS) is 14.8. The van der Waals surface area contributed by atoms with E-state index in [4.69, 9.17) is 5.73 Å². The van der Waals surface area contributed by atoms with Crippen LogP contribution in [-0.2, 0) is 16.0 Å². The van der Waals surface area contributed by atoms with Gasteiger partial charge in [-0.15, -0.1) is 12.4 Å². The molecule has 0 aromatic heterocycles. The van der Waals surface area contributed by atoms with E-state index in [1.54, 1.807) is 11.0 Å². The smallest absolute Gasteiger partial charge is 0.241 e. The average molecular weight is 360 g/mol. The monoisotopic (exact) mass is 359 g/mol. The number of carbonyl (C=O) groups is 2. The van der Waals surface area contributed by atoms with Crippen LogP contribution in [0.1, 0.15) is 18.4 Å². The van der Waals surface area contributed by atoms with Gasteiger partial charge in [0.25, 0.3) is 0 Å². The minimum absolute atomic E-state index is 0. The van der Waals surface area contributed by atoms with Crippen LogP contribution < -0.4 is 16.0 Å². The number of carbonyl (C=O) groups excluding carboxylic acids is 2. The van der Waals surface area contributed by atoms with Crippen molar-refractivity contribution < 1.29 is 9.59 Å². The van der Waals surface area contributed by atoms with Crippen molar-refractivity contribution in [3.8, 4) is 0 Å². The Morgan fingerprint density at radius 2 is 1.92 bits per heavy atom. The molecule has 0 saturated carbocycles. The van der Waals surface area contributed by atoms with Crippen LogP contribution in [0.15, 0.2) is 54.6 Å². The molecule has 3 N–H and O–H groups in total. The summed E-state index contributed by atoms with van der Waals surface area (Å²) in [4.78, 5) is 25.9. The van der Waals surface area contributed by atoms with Gasteiger partial charge in [0.05, 0.1) is 6.04 Å². The second-order valence-electron chi connectivity index (χ2n) is 5.98. The van der Waals surface area contributed by atoms with Gasteiger partial charge >= 0.3 is 0 Å². The Labute approximate surface area is 153 Å². The van der Waals surface area contributed by atoms with Crippen molar-refractivity contribution in [3.05, 3.63) is 60.2 Å². The van der Waals surface area contributed by atoms with E-state index in [1.165, 1.54) is 0 Å². The molecule has 0 bridgehead atoms. The van der Waals surface area contributed by atoms with Gasteiger partial charge in [0.15, 0.2) is 0 Å². The van der Waals surface area contributed by atoms with Crippen LogP contribution >= 0.6 is 12.4 Å². The molecule has 2 aromatic carbocycles. The fourth-order valence-electron chi connectivity index (χ4n) is 2.87. The number of hydrogen-bond donors (Lipinski definition) is 2. The van der Waals surface area contributed by atoms with Crippen LogP contribution in [0.2, 0.25) is 0 Å². The van der Waals surface area contributed by atoms with Crippen molar-refractivity contribution in [2.24, 2.45) is 5.73 Å². The third kappa shape index (κ3) is 4.81. The van der Waals surface area contributed by atoms with Gasteiger partial charge < -0.3 is 16.0 Å². The lowest BCUT2D eigenvalue weighted by molar-refractivity contribution is -0.118. The number of nitrogens with one attached hydrogen (secondary N) is 1. The van der Waals surface area contributed by atoms with E-state index in [9.17, 15) is 9.59 Å². The predicted molar refractivity (Wildman–Crippen MR) is 102 cm³/mol. The summed E-state index contributed by atoms with van der Waals surface area (Å²) in [5, 5.41) is 2.84. The fourth-order valence-corrected chi connectivity index (χ4v) is 2.87. The lowest BCUT2D eigenvalue weighted by Crippen LogP contribution is -2.37. The third-order valence-electron chi connectivity index (χ3n) is 4.13. The van der Waals surface area contributed by atoms with Gasteiger partial charge in [-0.25, -0.2) is 0 Å². The van der Waals surface area contributed by atoms with Crippen LogP contribution in [0.25, 0.3) is 0 Å². The third-order valence-corrected chi connectivity index (χ3v) is 4.13. The number of rotatable bonds is 5. The first-order chi connectivity index (χ1) is 11.6. The first kappa shape index (κ1) is 19.0. The molecule has 25 heavy (non-hydrogen) atoms. The molecule has 1 heterocycles. The Morgan fingerprint density at radius 3 is 2.60 bits per heavy atom. The number of amides is 2. The fraction of sp³-hybridized carbons (Fsp3) is 0.263. The van der Waals surface area contributed by atoms with Gasteiger partial charge in [-0.1, -0.05) is 36.4 Å². The van der Waals surface area contributed by atoms with Crippen LogP contribution in [-0.4, -0.2) is 24.4 Å². The first-order valence-electron chi connectivity index (χ1n) is 8.14. The van der Waals surface area contributed by atoms with Crippen molar-refractivity contribution in [1.29, 1.82) is 0 Å². The van der Waals surface area contributed by atoms with Gasteiger partial charge in [0.2, 0.25) is 11.8 Å². The second kappa shape index (κ2) is 8.65. The summed E-state index contributed by atoms with van der Waals surface area (Å²) in [5.41, 5.74) is 8.49. The van der Waals surface area contributed by atoms with Crippen LogP contribution in [0.5, 0.6) is 0 Å². The number of nitrogens with two attached hydrogens (primary N) is 1. The molecule has 3 rings (SSSR count). The molecule has 0 unspecified atom stereocenters. The second-order valence-corrected chi connectivity index (χ2v) is 5.98. The van der Waals surface area contributed by atoms with Crippen LogP contribution in [0, 0.1) is 0 Å². The maximum Gasteiger partial charge on any atom is 0.241 e. The number of benzene rings is 2. The standard InChI is InChI=1S/C19H21N3O2.ClH/c20-17(12-14-6-2-1-3-7-14)19(24)21-15-8-4-9-16(13-15)22-11-5-10-18(22)23;/h1-4,6-9,13,17H,5,10-12,20H2,(H,21,24);1H/t17-;/m0./s1. The zero-order valence-corrected chi connectivity index (χ0v) is 14.7. The highest BCUT2D eigenvalue weighted by atomic mass is 35.5. The van der Waals surface area contributed by atoms with E-state index < -0.39 is 6.04 Å². The number of hydrogen-bond acceptors (Lipinski definition) is 3. The van der Waals surface area contributed by atoms with E-state index in [0.29, 0.717) is 18.5 Å². The zero-order valence-electron chi connectivity index (χ0n) is 13.9. The molecular formula is C19H22ClN3O2. The Bertz CT molecular complexity index is 736. The van der Waals surface area contributed by atoms with Crippen molar-refractivity contribution in [1.82, 2.24) is 0 Å². The topological polar surface area (TPSA) is 75.4 Å². The van der Waals surface area contributed by atoms with Crippen LogP contribution in [0.4, 0.5) is 11.4 Å². The molecule has 6 heteroatoms. The lowest BCUT2D eigenvalue weighted by atomic mass is 10.1. The largest absolute Gasteiger partial charge is 0.325 e. The predicted octanol–water partition coefficient (Wildman–Crippen LogP) is 2.74. The molecule has 1 aliphatic heterocycles. The van der Waals surface area contributed by atoms with Gasteiger partial charge in [-0.05, 0) is 36.6 Å². The van der Waals surface area contributed by atoms with E-state index >= 15 is 0 Å². The summed E-state index contributed by atoms with van der Waals surface area (Å²) in [6.07, 6.45) is 1.94. The van der Waals surface area contributed by atoms with Crippen molar-refractivity contribution >= 4 is 35.6 Å². The number of nitrogens with zero attached hydrogens (tertiary/aromatic N) is 1. The van der Waals surface area contributed by atoms with E-state index in [-0.39, 0.29) is 24.2 Å². The van der Waals surface area contributed by atoms with E-state index in [2.05, 4.69) is 5.32 Å². The Morgan fingerprint density at radius 1 is 1.16 bits per heavy atom. The Balaban J connectivity index is 0.00000225. The number of halogens is 1. The molecule has 1 aliphatic rings. The average Bonchev–Trinajstić information content (AvgIpc) is 3.02. The van der Waals surface area contributed by atoms with Crippen molar-refractivity contribution in [3.63, 3.8) is 0 Å². The summed E-state index contributed by atoms with van der Waals surface area (Å²) in [5.74, 6) is -0.108. The highest BCUT2D eigenvalue weighted by Crippen LogP contribution is 2.24. The van der Waals surface area contributed by atoms with Crippen molar-refractivity contribution in [2.45, 2.75) is 25.3 Å². The Hall–Kier alpha value is -2.37. The summed E-state index contributed by atoms with van der Waals surface area (Å²) in [7, 11) is 0. The minimum atomic E-state index is -0.621. The summed E-state index contributed by atoms with van der Waals surface area (Å²) < 4.78 is 0. The molecule has 2 amide bonds. The Kier molecular flexibility index (Phi) is 6.56. The summed E-state index contributed by atoms with van der Waals surface area (Å²) in [6, 6.07) is 16.4.